The van der Waals surface area contributed by atoms with Crippen LogP contribution in [0.2, 0.25) is 0 Å². The van der Waals surface area contributed by atoms with Crippen LogP contribution in [0, 0.1) is 0 Å². The second-order valence-electron chi connectivity index (χ2n) is 4.81. The first-order valence-corrected chi connectivity index (χ1v) is 6.47. The Bertz CT molecular complexity index is 360. The molecule has 0 spiro atoms. The maximum Gasteiger partial charge on any atom is 0.270 e. The molecule has 0 amide bonds. The van der Waals surface area contributed by atoms with E-state index in [1.807, 2.05) is 0 Å². The molecule has 7 heteroatoms. The molecule has 0 aromatic carbocycles. The maximum absolute atomic E-state index is 11.1. The van der Waals surface area contributed by atoms with E-state index in [-0.39, 0.29) is 35.7 Å². The summed E-state index contributed by atoms with van der Waals surface area (Å²) in [5.74, 6) is -0.639. The van der Waals surface area contributed by atoms with Crippen LogP contribution in [-0.4, -0.2) is 65.8 Å². The molecule has 5 nitrogen and oxygen atoms in total. The van der Waals surface area contributed by atoms with Crippen LogP contribution < -0.4 is 0 Å². The predicted molar refractivity (Wildman–Crippen MR) is 58.8 cm³/mol. The monoisotopic (exact) mass is 259 g/mol. The van der Waals surface area contributed by atoms with Crippen LogP contribution in [0.5, 0.6) is 0 Å². The van der Waals surface area contributed by atoms with Crippen molar-refractivity contribution in [3.63, 3.8) is 0 Å². The van der Waals surface area contributed by atoms with Crippen molar-refractivity contribution in [1.29, 1.82) is 0 Å². The quantitative estimate of drug-likeness (QED) is 0.592. The Kier molecular flexibility index (Phi) is 4.18. The van der Waals surface area contributed by atoms with Gasteiger partial charge in [0, 0.05) is 29.6 Å². The van der Waals surface area contributed by atoms with E-state index in [9.17, 15) is 8.42 Å². The molecular formula is C9H16NaO5S. The topological polar surface area (TPSA) is 72.8 Å². The third-order valence-corrected chi connectivity index (χ3v) is 4.69. The van der Waals surface area contributed by atoms with Crippen molar-refractivity contribution in [3.8, 4) is 0 Å². The van der Waals surface area contributed by atoms with E-state index in [2.05, 4.69) is 0 Å². The van der Waals surface area contributed by atoms with Gasteiger partial charge in [-0.15, -0.1) is 0 Å². The van der Waals surface area contributed by atoms with E-state index < -0.39 is 20.7 Å². The minimum absolute atomic E-state index is 0. The van der Waals surface area contributed by atoms with Crippen LogP contribution in [0.3, 0.4) is 0 Å². The summed E-state index contributed by atoms with van der Waals surface area (Å²) in [6.45, 7) is 3.98. The first-order chi connectivity index (χ1) is 6.74. The Morgan fingerprint density at radius 1 is 1.38 bits per heavy atom. The van der Waals surface area contributed by atoms with E-state index in [0.717, 1.165) is 0 Å². The Balaban J connectivity index is 0.00000128. The van der Waals surface area contributed by atoms with Gasteiger partial charge in [0.15, 0.2) is 5.79 Å². The average molecular weight is 259 g/mol. The summed E-state index contributed by atoms with van der Waals surface area (Å²) >= 11 is 0. The van der Waals surface area contributed by atoms with E-state index in [1.165, 1.54) is 0 Å². The first-order valence-electron chi connectivity index (χ1n) is 5.03. The molecule has 0 aromatic rings. The van der Waals surface area contributed by atoms with Crippen LogP contribution in [0.1, 0.15) is 33.1 Å². The average Bonchev–Trinajstić information content (AvgIpc) is 2.73. The van der Waals surface area contributed by atoms with Crippen molar-refractivity contribution in [3.05, 3.63) is 0 Å². The second-order valence-corrected chi connectivity index (χ2v) is 6.63. The van der Waals surface area contributed by atoms with Crippen LogP contribution in [0.15, 0.2) is 0 Å². The van der Waals surface area contributed by atoms with Gasteiger partial charge in [0.05, 0.1) is 12.7 Å². The van der Waals surface area contributed by atoms with Gasteiger partial charge < -0.3 is 9.47 Å². The van der Waals surface area contributed by atoms with Crippen LogP contribution >= 0.6 is 0 Å². The van der Waals surface area contributed by atoms with Gasteiger partial charge in [-0.3, -0.25) is 4.55 Å². The van der Waals surface area contributed by atoms with Gasteiger partial charge in [0.2, 0.25) is 0 Å². The molecule has 1 N–H and O–H groups in total. The van der Waals surface area contributed by atoms with Gasteiger partial charge in [-0.1, -0.05) is 0 Å². The molecule has 1 heterocycles. The zero-order valence-electron chi connectivity index (χ0n) is 9.89. The van der Waals surface area contributed by atoms with Gasteiger partial charge in [-0.2, -0.15) is 8.42 Å². The third-order valence-electron chi connectivity index (χ3n) is 3.02. The van der Waals surface area contributed by atoms with Crippen molar-refractivity contribution in [2.45, 2.75) is 49.7 Å². The van der Waals surface area contributed by atoms with E-state index in [1.54, 1.807) is 13.8 Å². The molecule has 1 radical (unpaired) electrons. The Morgan fingerprint density at radius 2 is 1.94 bits per heavy atom. The fraction of sp³-hybridized carbons (Fsp3) is 1.00. The standard InChI is InChI=1S/C9H16O5S.Na/c1-8(2)13-6-7(14-8)5-9(3-4-9)15(10,11)12;/h7H,3-6H2,1-2H3,(H,10,11,12);/t7-;/m1./s1. The second kappa shape index (κ2) is 4.50. The smallest absolute Gasteiger partial charge is 0.270 e. The predicted octanol–water partition coefficient (Wildman–Crippen LogP) is 0.568. The SMILES string of the molecule is CC1(C)OC[C@@H](CC2(S(=O)(=O)O)CC2)O1.[Na]. The molecule has 89 valence electrons. The van der Waals surface area contributed by atoms with Crippen molar-refractivity contribution < 1.29 is 22.4 Å². The van der Waals surface area contributed by atoms with Gasteiger partial charge in [-0.05, 0) is 33.1 Å². The normalized spacial score (nSPS) is 30.8. The summed E-state index contributed by atoms with van der Waals surface area (Å²) in [5, 5.41) is 0. The summed E-state index contributed by atoms with van der Waals surface area (Å²) in [6.07, 6.45) is 1.14. The molecule has 0 aromatic heterocycles. The molecular weight excluding hydrogens is 243 g/mol. The molecule has 2 fully saturated rings. The zero-order valence-corrected chi connectivity index (χ0v) is 12.7. The van der Waals surface area contributed by atoms with Crippen molar-refractivity contribution in [2.24, 2.45) is 0 Å². The Hall–Kier alpha value is 0.830. The fourth-order valence-electron chi connectivity index (χ4n) is 1.99. The summed E-state index contributed by atoms with van der Waals surface area (Å²) in [6, 6.07) is 0. The maximum atomic E-state index is 11.1. The number of rotatable bonds is 3. The summed E-state index contributed by atoms with van der Waals surface area (Å²) in [7, 11) is -3.95. The molecule has 1 atom stereocenters. The molecule has 2 rings (SSSR count). The van der Waals surface area contributed by atoms with Crippen LogP contribution in [-0.2, 0) is 19.6 Å². The van der Waals surface area contributed by atoms with Crippen molar-refractivity contribution in [1.82, 2.24) is 0 Å². The number of ether oxygens (including phenoxy) is 2. The van der Waals surface area contributed by atoms with Crippen LogP contribution in [0.4, 0.5) is 0 Å². The van der Waals surface area contributed by atoms with Crippen molar-refractivity contribution in [2.75, 3.05) is 6.61 Å². The van der Waals surface area contributed by atoms with Crippen molar-refractivity contribution >= 4 is 39.7 Å². The number of hydrogen-bond acceptors (Lipinski definition) is 4. The van der Waals surface area contributed by atoms with Gasteiger partial charge >= 0.3 is 0 Å². The molecule has 1 aliphatic heterocycles. The summed E-state index contributed by atoms with van der Waals surface area (Å²) in [4.78, 5) is 0. The molecule has 1 saturated heterocycles. The molecule has 0 unspecified atom stereocenters. The molecule has 0 bridgehead atoms. The minimum Gasteiger partial charge on any atom is -0.348 e. The Morgan fingerprint density at radius 3 is 2.25 bits per heavy atom. The van der Waals surface area contributed by atoms with Gasteiger partial charge in [0.1, 0.15) is 4.75 Å². The van der Waals surface area contributed by atoms with Gasteiger partial charge in [-0.25, -0.2) is 0 Å². The first kappa shape index (κ1) is 14.9. The zero-order chi connectivity index (χ0) is 11.3. The summed E-state index contributed by atoms with van der Waals surface area (Å²) < 4.78 is 41.2. The molecule has 16 heavy (non-hydrogen) atoms. The minimum atomic E-state index is -3.95. The number of hydrogen-bond donors (Lipinski definition) is 1. The fourth-order valence-corrected chi connectivity index (χ4v) is 3.00. The molecule has 2 aliphatic rings. The van der Waals surface area contributed by atoms with E-state index >= 15 is 0 Å². The van der Waals surface area contributed by atoms with E-state index in [4.69, 9.17) is 14.0 Å². The molecule has 1 aliphatic carbocycles. The Labute approximate surface area is 118 Å². The van der Waals surface area contributed by atoms with E-state index in [0.29, 0.717) is 25.9 Å². The van der Waals surface area contributed by atoms with Crippen LogP contribution in [0.25, 0.3) is 0 Å². The molecule has 1 saturated carbocycles. The third kappa shape index (κ3) is 2.98. The largest absolute Gasteiger partial charge is 0.348 e. The van der Waals surface area contributed by atoms with Gasteiger partial charge in [0.25, 0.3) is 10.1 Å². The summed E-state index contributed by atoms with van der Waals surface area (Å²) in [5.41, 5.74) is 0.